The van der Waals surface area contributed by atoms with Gasteiger partial charge >= 0.3 is 0 Å². The van der Waals surface area contributed by atoms with Gasteiger partial charge in [-0.25, -0.2) is 0 Å². The Bertz CT molecular complexity index is 388. The molecule has 1 amide bonds. The van der Waals surface area contributed by atoms with Crippen molar-refractivity contribution in [2.75, 3.05) is 13.1 Å². The van der Waals surface area contributed by atoms with E-state index in [4.69, 9.17) is 11.6 Å². The van der Waals surface area contributed by atoms with Crippen molar-refractivity contribution in [1.82, 2.24) is 10.2 Å². The van der Waals surface area contributed by atoms with Crippen molar-refractivity contribution in [2.24, 2.45) is 0 Å². The van der Waals surface area contributed by atoms with Crippen LogP contribution in [-0.4, -0.2) is 29.9 Å². The van der Waals surface area contributed by atoms with Crippen molar-refractivity contribution in [2.45, 2.75) is 32.4 Å². The molecule has 94 valence electrons. The van der Waals surface area contributed by atoms with Crippen molar-refractivity contribution < 1.29 is 4.79 Å². The molecule has 1 unspecified atom stereocenters. The van der Waals surface area contributed by atoms with Gasteiger partial charge in [0.25, 0.3) is 0 Å². The number of carbonyl (C=O) groups is 1. The third-order valence-corrected chi connectivity index (χ3v) is 4.28. The van der Waals surface area contributed by atoms with Crippen LogP contribution in [0, 0.1) is 0 Å². The minimum absolute atomic E-state index is 0.117. The zero-order chi connectivity index (χ0) is 12.3. The topological polar surface area (TPSA) is 32.3 Å². The third-order valence-electron chi connectivity index (χ3n) is 2.99. The van der Waals surface area contributed by atoms with Crippen LogP contribution in [0.3, 0.4) is 0 Å². The van der Waals surface area contributed by atoms with Crippen molar-refractivity contribution in [3.8, 4) is 0 Å². The van der Waals surface area contributed by atoms with Gasteiger partial charge in [-0.2, -0.15) is 0 Å². The zero-order valence-corrected chi connectivity index (χ0v) is 11.5. The van der Waals surface area contributed by atoms with Crippen LogP contribution in [0.1, 0.15) is 24.6 Å². The summed E-state index contributed by atoms with van der Waals surface area (Å²) in [6, 6.07) is 1.82. The first-order valence-corrected chi connectivity index (χ1v) is 7.17. The second-order valence-electron chi connectivity index (χ2n) is 4.37. The fourth-order valence-electron chi connectivity index (χ4n) is 2.00. The van der Waals surface area contributed by atoms with Gasteiger partial charge in [-0.1, -0.05) is 11.6 Å². The molecule has 1 saturated heterocycles. The van der Waals surface area contributed by atoms with Crippen LogP contribution in [0.15, 0.2) is 11.4 Å². The van der Waals surface area contributed by atoms with Gasteiger partial charge in [-0.05, 0) is 25.8 Å². The normalized spacial score (nSPS) is 17.4. The molecular weight excluding hydrogens is 256 g/mol. The molecule has 1 aromatic heterocycles. The molecule has 5 heteroatoms. The molecule has 0 aromatic carbocycles. The van der Waals surface area contributed by atoms with E-state index in [1.165, 1.54) is 0 Å². The SMILES string of the molecule is CC(NCc1cc(Cl)cs1)C(=O)N1CCCC1. The monoisotopic (exact) mass is 272 g/mol. The van der Waals surface area contributed by atoms with E-state index in [9.17, 15) is 4.79 Å². The summed E-state index contributed by atoms with van der Waals surface area (Å²) in [6.45, 7) is 4.46. The lowest BCUT2D eigenvalue weighted by Crippen LogP contribution is -2.43. The first-order chi connectivity index (χ1) is 8.16. The molecule has 2 rings (SSSR count). The smallest absolute Gasteiger partial charge is 0.239 e. The maximum Gasteiger partial charge on any atom is 0.239 e. The molecule has 1 N–H and O–H groups in total. The molecule has 1 aliphatic rings. The molecule has 0 bridgehead atoms. The van der Waals surface area contributed by atoms with E-state index < -0.39 is 0 Å². The largest absolute Gasteiger partial charge is 0.341 e. The first kappa shape index (κ1) is 12.9. The highest BCUT2D eigenvalue weighted by Gasteiger charge is 2.22. The standard InChI is InChI=1S/C12H17ClN2OS/c1-9(12(16)15-4-2-3-5-15)14-7-11-6-10(13)8-17-11/h6,8-9,14H,2-5,7H2,1H3. The lowest BCUT2D eigenvalue weighted by molar-refractivity contribution is -0.131. The molecule has 1 fully saturated rings. The number of likely N-dealkylation sites (tertiary alicyclic amines) is 1. The summed E-state index contributed by atoms with van der Waals surface area (Å²) in [5, 5.41) is 5.93. The van der Waals surface area contributed by atoms with Crippen LogP contribution in [0.4, 0.5) is 0 Å². The van der Waals surface area contributed by atoms with Crippen LogP contribution in [0.2, 0.25) is 5.02 Å². The Kier molecular flexibility index (Phi) is 4.42. The van der Waals surface area contributed by atoms with Crippen molar-refractivity contribution >= 4 is 28.8 Å². The number of rotatable bonds is 4. The van der Waals surface area contributed by atoms with Crippen molar-refractivity contribution in [1.29, 1.82) is 0 Å². The average Bonchev–Trinajstić information content (AvgIpc) is 2.95. The van der Waals surface area contributed by atoms with Crippen molar-refractivity contribution in [3.63, 3.8) is 0 Å². The molecule has 0 spiro atoms. The molecular formula is C12H17ClN2OS. The minimum Gasteiger partial charge on any atom is -0.341 e. The summed E-state index contributed by atoms with van der Waals surface area (Å²) in [6.07, 6.45) is 2.28. The van der Waals surface area contributed by atoms with E-state index in [1.54, 1.807) is 11.3 Å². The summed E-state index contributed by atoms with van der Waals surface area (Å²) in [7, 11) is 0. The number of nitrogens with zero attached hydrogens (tertiary/aromatic N) is 1. The van der Waals surface area contributed by atoms with E-state index >= 15 is 0 Å². The molecule has 1 aliphatic heterocycles. The maximum atomic E-state index is 12.0. The van der Waals surface area contributed by atoms with E-state index in [0.717, 1.165) is 35.8 Å². The van der Waals surface area contributed by atoms with Crippen LogP contribution in [0.25, 0.3) is 0 Å². The van der Waals surface area contributed by atoms with E-state index in [0.29, 0.717) is 6.54 Å². The molecule has 0 aliphatic carbocycles. The number of amides is 1. The summed E-state index contributed by atoms with van der Waals surface area (Å²) < 4.78 is 0. The van der Waals surface area contributed by atoms with Gasteiger partial charge in [0.15, 0.2) is 0 Å². The number of carbonyl (C=O) groups excluding carboxylic acids is 1. The van der Waals surface area contributed by atoms with Gasteiger partial charge < -0.3 is 10.2 Å². The number of hydrogen-bond acceptors (Lipinski definition) is 3. The zero-order valence-electron chi connectivity index (χ0n) is 9.91. The highest BCUT2D eigenvalue weighted by Crippen LogP contribution is 2.19. The van der Waals surface area contributed by atoms with E-state index in [1.807, 2.05) is 23.3 Å². The van der Waals surface area contributed by atoms with Crippen molar-refractivity contribution in [3.05, 3.63) is 21.3 Å². The van der Waals surface area contributed by atoms with Gasteiger partial charge in [0.1, 0.15) is 0 Å². The second kappa shape index (κ2) is 5.85. The Morgan fingerprint density at radius 3 is 2.88 bits per heavy atom. The Morgan fingerprint density at radius 1 is 1.59 bits per heavy atom. The van der Waals surface area contributed by atoms with Gasteiger partial charge in [0, 0.05) is 29.9 Å². The Hall–Kier alpha value is -0.580. The number of hydrogen-bond donors (Lipinski definition) is 1. The predicted octanol–water partition coefficient (Wildman–Crippen LogP) is 2.50. The average molecular weight is 273 g/mol. The van der Waals surface area contributed by atoms with E-state index in [-0.39, 0.29) is 11.9 Å². The first-order valence-electron chi connectivity index (χ1n) is 5.92. The fourth-order valence-corrected chi connectivity index (χ4v) is 3.02. The summed E-state index contributed by atoms with van der Waals surface area (Å²) in [5.74, 6) is 0.213. The molecule has 2 heterocycles. The van der Waals surface area contributed by atoms with Crippen LogP contribution >= 0.6 is 22.9 Å². The molecule has 3 nitrogen and oxygen atoms in total. The van der Waals surface area contributed by atoms with Gasteiger partial charge in [0.05, 0.1) is 11.1 Å². The van der Waals surface area contributed by atoms with Crippen LogP contribution in [-0.2, 0) is 11.3 Å². The molecule has 17 heavy (non-hydrogen) atoms. The molecule has 1 atom stereocenters. The maximum absolute atomic E-state index is 12.0. The summed E-state index contributed by atoms with van der Waals surface area (Å²) in [4.78, 5) is 15.1. The van der Waals surface area contributed by atoms with Gasteiger partial charge in [-0.15, -0.1) is 11.3 Å². The fraction of sp³-hybridized carbons (Fsp3) is 0.583. The Morgan fingerprint density at radius 2 is 2.29 bits per heavy atom. The van der Waals surface area contributed by atoms with Gasteiger partial charge in [-0.3, -0.25) is 4.79 Å². The second-order valence-corrected chi connectivity index (χ2v) is 5.80. The van der Waals surface area contributed by atoms with E-state index in [2.05, 4.69) is 5.32 Å². The highest BCUT2D eigenvalue weighted by atomic mass is 35.5. The highest BCUT2D eigenvalue weighted by molar-refractivity contribution is 7.10. The lowest BCUT2D eigenvalue weighted by Gasteiger charge is -2.20. The number of halogens is 1. The third kappa shape index (κ3) is 3.44. The number of thiophene rings is 1. The van der Waals surface area contributed by atoms with Gasteiger partial charge in [0.2, 0.25) is 5.91 Å². The Balaban J connectivity index is 1.80. The van der Waals surface area contributed by atoms with Crippen LogP contribution < -0.4 is 5.32 Å². The summed E-state index contributed by atoms with van der Waals surface area (Å²) in [5.41, 5.74) is 0. The quantitative estimate of drug-likeness (QED) is 0.913. The molecule has 0 saturated carbocycles. The van der Waals surface area contributed by atoms with Crippen LogP contribution in [0.5, 0.6) is 0 Å². The summed E-state index contributed by atoms with van der Waals surface area (Å²) >= 11 is 7.47. The lowest BCUT2D eigenvalue weighted by atomic mass is 10.3. The molecule has 1 aromatic rings. The predicted molar refractivity (Wildman–Crippen MR) is 71.4 cm³/mol. The Labute approximate surface area is 111 Å². The number of nitrogens with one attached hydrogen (secondary N) is 1. The minimum atomic E-state index is -0.117. The molecule has 0 radical (unpaired) electrons.